The third-order valence-electron chi connectivity index (χ3n) is 2.91. The summed E-state index contributed by atoms with van der Waals surface area (Å²) >= 11 is 0. The van der Waals surface area contributed by atoms with Crippen LogP contribution in [0.25, 0.3) is 0 Å². The van der Waals surface area contributed by atoms with Crippen molar-refractivity contribution in [2.45, 2.75) is 32.7 Å². The Hall–Kier alpha value is -0.860. The lowest BCUT2D eigenvalue weighted by Crippen LogP contribution is -2.36. The van der Waals surface area contributed by atoms with E-state index in [2.05, 4.69) is 43.4 Å². The van der Waals surface area contributed by atoms with Crippen LogP contribution < -0.4 is 5.32 Å². The van der Waals surface area contributed by atoms with Gasteiger partial charge in [0.1, 0.15) is 0 Å². The van der Waals surface area contributed by atoms with Crippen molar-refractivity contribution in [3.05, 3.63) is 35.9 Å². The van der Waals surface area contributed by atoms with Gasteiger partial charge in [0.2, 0.25) is 0 Å². The first kappa shape index (κ1) is 13.2. The van der Waals surface area contributed by atoms with Crippen molar-refractivity contribution in [2.24, 2.45) is 5.92 Å². The van der Waals surface area contributed by atoms with Crippen LogP contribution in [0.15, 0.2) is 30.3 Å². The summed E-state index contributed by atoms with van der Waals surface area (Å²) < 4.78 is 0. The van der Waals surface area contributed by atoms with Crippen LogP contribution in [0.5, 0.6) is 0 Å². The molecule has 0 bridgehead atoms. The molecule has 0 saturated carbocycles. The lowest BCUT2D eigenvalue weighted by Gasteiger charge is -2.21. The average molecular weight is 221 g/mol. The van der Waals surface area contributed by atoms with Gasteiger partial charge in [0.15, 0.2) is 0 Å². The molecule has 0 spiro atoms. The van der Waals surface area contributed by atoms with Crippen LogP contribution in [0, 0.1) is 5.92 Å². The van der Waals surface area contributed by atoms with Gasteiger partial charge in [-0.2, -0.15) is 0 Å². The standard InChI is InChI=1S/C14H23NO/c1-12(2)14(9-11-16)15-10-8-13-6-4-3-5-7-13/h3-7,12,14-16H,8-11H2,1-2H3. The van der Waals surface area contributed by atoms with Crippen LogP contribution in [-0.2, 0) is 6.42 Å². The molecule has 1 rings (SSSR count). The zero-order valence-electron chi connectivity index (χ0n) is 10.3. The highest BCUT2D eigenvalue weighted by Crippen LogP contribution is 2.06. The zero-order chi connectivity index (χ0) is 11.8. The molecule has 90 valence electrons. The zero-order valence-corrected chi connectivity index (χ0v) is 10.3. The highest BCUT2D eigenvalue weighted by molar-refractivity contribution is 5.14. The second-order valence-electron chi connectivity index (χ2n) is 4.55. The number of aliphatic hydroxyl groups is 1. The van der Waals surface area contributed by atoms with Crippen molar-refractivity contribution in [1.29, 1.82) is 0 Å². The van der Waals surface area contributed by atoms with Crippen molar-refractivity contribution in [1.82, 2.24) is 5.32 Å². The van der Waals surface area contributed by atoms with Gasteiger partial charge in [0.25, 0.3) is 0 Å². The Morgan fingerprint density at radius 1 is 1.19 bits per heavy atom. The van der Waals surface area contributed by atoms with E-state index in [0.717, 1.165) is 19.4 Å². The molecular weight excluding hydrogens is 198 g/mol. The normalized spacial score (nSPS) is 13.0. The Balaban J connectivity index is 2.28. The molecule has 0 aromatic heterocycles. The highest BCUT2D eigenvalue weighted by atomic mass is 16.3. The predicted octanol–water partition coefficient (Wildman–Crippen LogP) is 2.23. The molecule has 0 radical (unpaired) electrons. The molecule has 1 aromatic carbocycles. The molecule has 0 aliphatic heterocycles. The van der Waals surface area contributed by atoms with E-state index in [9.17, 15) is 0 Å². The van der Waals surface area contributed by atoms with Gasteiger partial charge in [0, 0.05) is 12.6 Å². The lowest BCUT2D eigenvalue weighted by atomic mass is 10.0. The van der Waals surface area contributed by atoms with Gasteiger partial charge >= 0.3 is 0 Å². The molecule has 2 nitrogen and oxygen atoms in total. The number of benzene rings is 1. The number of aliphatic hydroxyl groups excluding tert-OH is 1. The lowest BCUT2D eigenvalue weighted by molar-refractivity contribution is 0.245. The summed E-state index contributed by atoms with van der Waals surface area (Å²) in [6.45, 7) is 5.62. The topological polar surface area (TPSA) is 32.3 Å². The molecule has 0 heterocycles. The minimum atomic E-state index is 0.265. The monoisotopic (exact) mass is 221 g/mol. The molecule has 2 N–H and O–H groups in total. The summed E-state index contributed by atoms with van der Waals surface area (Å²) in [5.74, 6) is 0.572. The fraction of sp³-hybridized carbons (Fsp3) is 0.571. The Bertz CT molecular complexity index is 271. The van der Waals surface area contributed by atoms with Gasteiger partial charge in [-0.1, -0.05) is 44.2 Å². The van der Waals surface area contributed by atoms with Crippen molar-refractivity contribution in [3.63, 3.8) is 0 Å². The third kappa shape index (κ3) is 4.77. The van der Waals surface area contributed by atoms with Gasteiger partial charge in [0.05, 0.1) is 0 Å². The van der Waals surface area contributed by atoms with E-state index in [1.165, 1.54) is 5.56 Å². The fourth-order valence-corrected chi connectivity index (χ4v) is 1.86. The van der Waals surface area contributed by atoms with Crippen LogP contribution in [-0.4, -0.2) is 24.3 Å². The molecule has 1 unspecified atom stereocenters. The molecule has 0 amide bonds. The van der Waals surface area contributed by atoms with Crippen LogP contribution in [0.3, 0.4) is 0 Å². The number of rotatable bonds is 7. The Morgan fingerprint density at radius 2 is 1.88 bits per heavy atom. The van der Waals surface area contributed by atoms with Crippen LogP contribution in [0.4, 0.5) is 0 Å². The quantitative estimate of drug-likeness (QED) is 0.740. The van der Waals surface area contributed by atoms with Crippen LogP contribution >= 0.6 is 0 Å². The van der Waals surface area contributed by atoms with E-state index in [-0.39, 0.29) is 6.61 Å². The molecule has 2 heteroatoms. The smallest absolute Gasteiger partial charge is 0.0445 e. The van der Waals surface area contributed by atoms with E-state index in [0.29, 0.717) is 12.0 Å². The highest BCUT2D eigenvalue weighted by Gasteiger charge is 2.11. The number of nitrogens with one attached hydrogen (secondary N) is 1. The fourth-order valence-electron chi connectivity index (χ4n) is 1.86. The summed E-state index contributed by atoms with van der Waals surface area (Å²) in [6, 6.07) is 10.9. The maximum atomic E-state index is 8.96. The summed E-state index contributed by atoms with van der Waals surface area (Å²) in [4.78, 5) is 0. The molecule has 1 aromatic rings. The maximum absolute atomic E-state index is 8.96. The summed E-state index contributed by atoms with van der Waals surface area (Å²) in [6.07, 6.45) is 1.89. The minimum absolute atomic E-state index is 0.265. The van der Waals surface area contributed by atoms with Crippen molar-refractivity contribution in [2.75, 3.05) is 13.2 Å². The third-order valence-corrected chi connectivity index (χ3v) is 2.91. The summed E-state index contributed by atoms with van der Waals surface area (Å²) in [5, 5.41) is 12.5. The van der Waals surface area contributed by atoms with Gasteiger partial charge in [-0.25, -0.2) is 0 Å². The Kier molecular flexibility index (Phi) is 6.12. The molecule has 16 heavy (non-hydrogen) atoms. The number of hydrogen-bond donors (Lipinski definition) is 2. The predicted molar refractivity (Wildman–Crippen MR) is 68.5 cm³/mol. The largest absolute Gasteiger partial charge is 0.396 e. The molecular formula is C14H23NO. The molecule has 1 atom stereocenters. The van der Waals surface area contributed by atoms with Crippen LogP contribution in [0.2, 0.25) is 0 Å². The van der Waals surface area contributed by atoms with E-state index >= 15 is 0 Å². The van der Waals surface area contributed by atoms with E-state index in [1.54, 1.807) is 0 Å². The first-order valence-corrected chi connectivity index (χ1v) is 6.12. The first-order valence-electron chi connectivity index (χ1n) is 6.12. The Morgan fingerprint density at radius 3 is 2.44 bits per heavy atom. The van der Waals surface area contributed by atoms with E-state index < -0.39 is 0 Å². The van der Waals surface area contributed by atoms with E-state index in [1.807, 2.05) is 6.07 Å². The van der Waals surface area contributed by atoms with Gasteiger partial charge in [-0.3, -0.25) is 0 Å². The molecule has 0 aliphatic rings. The minimum Gasteiger partial charge on any atom is -0.396 e. The van der Waals surface area contributed by atoms with E-state index in [4.69, 9.17) is 5.11 Å². The first-order chi connectivity index (χ1) is 7.74. The second kappa shape index (κ2) is 7.42. The summed E-state index contributed by atoms with van der Waals surface area (Å²) in [5.41, 5.74) is 1.36. The molecule has 0 saturated heterocycles. The van der Waals surface area contributed by atoms with Gasteiger partial charge < -0.3 is 10.4 Å². The van der Waals surface area contributed by atoms with Gasteiger partial charge in [-0.15, -0.1) is 0 Å². The van der Waals surface area contributed by atoms with Crippen molar-refractivity contribution < 1.29 is 5.11 Å². The van der Waals surface area contributed by atoms with Gasteiger partial charge in [-0.05, 0) is 30.9 Å². The SMILES string of the molecule is CC(C)C(CCO)NCCc1ccccc1. The maximum Gasteiger partial charge on any atom is 0.0445 e. The number of hydrogen-bond acceptors (Lipinski definition) is 2. The van der Waals surface area contributed by atoms with Crippen molar-refractivity contribution >= 4 is 0 Å². The summed E-state index contributed by atoms with van der Waals surface area (Å²) in [7, 11) is 0. The Labute approximate surface area is 98.7 Å². The molecule has 0 aliphatic carbocycles. The van der Waals surface area contributed by atoms with Crippen LogP contribution in [0.1, 0.15) is 25.8 Å². The van der Waals surface area contributed by atoms with Crippen molar-refractivity contribution in [3.8, 4) is 0 Å². The molecule has 0 fully saturated rings. The second-order valence-corrected chi connectivity index (χ2v) is 4.55. The average Bonchev–Trinajstić information content (AvgIpc) is 2.29.